The molecule has 1 aromatic carbocycles. The maximum Gasteiger partial charge on any atom is 0.336 e. The summed E-state index contributed by atoms with van der Waals surface area (Å²) in [5.74, 6) is -0.391. The Morgan fingerprint density at radius 2 is 1.89 bits per heavy atom. The number of carboxylic acids is 1. The Hall–Kier alpha value is -1.90. The molecule has 1 aromatic heterocycles. The number of aromatic carboxylic acids is 1. The molecule has 1 saturated carbocycles. The van der Waals surface area contributed by atoms with E-state index in [-0.39, 0.29) is 0 Å². The molecular weight excluding hydrogens is 238 g/mol. The average Bonchev–Trinajstić information content (AvgIpc) is 3.17. The van der Waals surface area contributed by atoms with Crippen molar-refractivity contribution in [3.8, 4) is 0 Å². The molecule has 0 spiro atoms. The van der Waals surface area contributed by atoms with Crippen molar-refractivity contribution in [2.45, 2.75) is 39.5 Å². The van der Waals surface area contributed by atoms with Crippen LogP contribution in [0.3, 0.4) is 0 Å². The van der Waals surface area contributed by atoms with E-state index in [1.807, 2.05) is 32.9 Å². The minimum Gasteiger partial charge on any atom is -0.478 e. The van der Waals surface area contributed by atoms with E-state index in [0.29, 0.717) is 11.5 Å². The first-order valence-corrected chi connectivity index (χ1v) is 6.64. The third-order valence-electron chi connectivity index (χ3n) is 4.14. The van der Waals surface area contributed by atoms with Gasteiger partial charge in [-0.25, -0.2) is 4.79 Å². The molecule has 1 aliphatic rings. The van der Waals surface area contributed by atoms with Gasteiger partial charge in [-0.1, -0.05) is 12.1 Å². The molecule has 0 saturated heterocycles. The molecule has 0 radical (unpaired) electrons. The van der Waals surface area contributed by atoms with Gasteiger partial charge < -0.3 is 5.11 Å². The molecule has 1 fully saturated rings. The third kappa shape index (κ3) is 1.81. The van der Waals surface area contributed by atoms with Gasteiger partial charge in [-0.05, 0) is 50.3 Å². The SMILES string of the molecule is Cc1ccc2c(C(=O)O)c(C)c(C3CC3)nc2c1C. The monoisotopic (exact) mass is 255 g/mol. The predicted octanol–water partition coefficient (Wildman–Crippen LogP) is 3.74. The van der Waals surface area contributed by atoms with Crippen LogP contribution in [0.25, 0.3) is 10.9 Å². The number of pyridine rings is 1. The molecule has 0 atom stereocenters. The Balaban J connectivity index is 2.44. The van der Waals surface area contributed by atoms with Gasteiger partial charge in [0.25, 0.3) is 0 Å². The second-order valence-electron chi connectivity index (χ2n) is 5.48. The van der Waals surface area contributed by atoms with Crippen molar-refractivity contribution >= 4 is 16.9 Å². The topological polar surface area (TPSA) is 50.2 Å². The van der Waals surface area contributed by atoms with Gasteiger partial charge in [-0.2, -0.15) is 0 Å². The summed E-state index contributed by atoms with van der Waals surface area (Å²) in [6.07, 6.45) is 2.26. The first-order chi connectivity index (χ1) is 9.00. The first-order valence-electron chi connectivity index (χ1n) is 6.64. The summed E-state index contributed by atoms with van der Waals surface area (Å²) < 4.78 is 0. The maximum absolute atomic E-state index is 11.6. The zero-order valence-electron chi connectivity index (χ0n) is 11.4. The van der Waals surface area contributed by atoms with E-state index in [1.165, 1.54) is 0 Å². The second kappa shape index (κ2) is 4.05. The highest BCUT2D eigenvalue weighted by molar-refractivity contribution is 6.05. The Morgan fingerprint density at radius 3 is 2.47 bits per heavy atom. The maximum atomic E-state index is 11.6. The minimum absolute atomic E-state index is 0.426. The zero-order chi connectivity index (χ0) is 13.7. The summed E-state index contributed by atoms with van der Waals surface area (Å²) in [5.41, 5.74) is 5.34. The number of carbonyl (C=O) groups is 1. The highest BCUT2D eigenvalue weighted by atomic mass is 16.4. The average molecular weight is 255 g/mol. The lowest BCUT2D eigenvalue weighted by atomic mass is 9.96. The third-order valence-corrected chi connectivity index (χ3v) is 4.14. The van der Waals surface area contributed by atoms with Crippen LogP contribution in [0, 0.1) is 20.8 Å². The van der Waals surface area contributed by atoms with E-state index in [0.717, 1.165) is 46.1 Å². The number of carboxylic acid groups (broad SMARTS) is 1. The molecular formula is C16H17NO2. The number of nitrogens with zero attached hydrogens (tertiary/aromatic N) is 1. The van der Waals surface area contributed by atoms with Gasteiger partial charge in [0.15, 0.2) is 0 Å². The van der Waals surface area contributed by atoms with Crippen LogP contribution < -0.4 is 0 Å². The molecule has 1 aliphatic carbocycles. The number of hydrogen-bond donors (Lipinski definition) is 1. The highest BCUT2D eigenvalue weighted by Gasteiger charge is 2.30. The number of hydrogen-bond acceptors (Lipinski definition) is 2. The molecule has 0 aliphatic heterocycles. The van der Waals surface area contributed by atoms with E-state index in [4.69, 9.17) is 4.98 Å². The molecule has 0 amide bonds. The van der Waals surface area contributed by atoms with Crippen molar-refractivity contribution in [2.75, 3.05) is 0 Å². The van der Waals surface area contributed by atoms with Crippen LogP contribution in [-0.2, 0) is 0 Å². The zero-order valence-corrected chi connectivity index (χ0v) is 11.4. The van der Waals surface area contributed by atoms with E-state index < -0.39 is 5.97 Å². The molecule has 3 rings (SSSR count). The van der Waals surface area contributed by atoms with E-state index in [2.05, 4.69) is 0 Å². The van der Waals surface area contributed by atoms with Crippen molar-refractivity contribution in [1.29, 1.82) is 0 Å². The lowest BCUT2D eigenvalue weighted by molar-refractivity contribution is 0.0698. The van der Waals surface area contributed by atoms with Crippen LogP contribution in [0.15, 0.2) is 12.1 Å². The number of aryl methyl sites for hydroxylation is 2. The largest absolute Gasteiger partial charge is 0.478 e. The first kappa shape index (κ1) is 12.2. The lowest BCUT2D eigenvalue weighted by Gasteiger charge is -2.13. The van der Waals surface area contributed by atoms with Crippen LogP contribution >= 0.6 is 0 Å². The number of fused-ring (bicyclic) bond motifs is 1. The Bertz CT molecular complexity index is 700. The number of rotatable bonds is 2. The Labute approximate surface area is 112 Å². The normalized spacial score (nSPS) is 14.9. The smallest absolute Gasteiger partial charge is 0.336 e. The van der Waals surface area contributed by atoms with Crippen LogP contribution in [0.4, 0.5) is 0 Å². The number of benzene rings is 1. The van der Waals surface area contributed by atoms with Gasteiger partial charge >= 0.3 is 5.97 Å². The molecule has 3 heteroatoms. The van der Waals surface area contributed by atoms with Crippen molar-refractivity contribution in [3.05, 3.63) is 40.1 Å². The minimum atomic E-state index is -0.852. The van der Waals surface area contributed by atoms with Crippen LogP contribution in [0.1, 0.15) is 51.5 Å². The Kier molecular flexibility index (Phi) is 2.59. The van der Waals surface area contributed by atoms with E-state index in [9.17, 15) is 9.90 Å². The fourth-order valence-electron chi connectivity index (χ4n) is 2.71. The summed E-state index contributed by atoms with van der Waals surface area (Å²) in [7, 11) is 0. The van der Waals surface area contributed by atoms with Gasteiger partial charge in [0, 0.05) is 17.0 Å². The van der Waals surface area contributed by atoms with Crippen molar-refractivity contribution in [2.24, 2.45) is 0 Å². The highest BCUT2D eigenvalue weighted by Crippen LogP contribution is 2.42. The van der Waals surface area contributed by atoms with Crippen molar-refractivity contribution in [3.63, 3.8) is 0 Å². The summed E-state index contributed by atoms with van der Waals surface area (Å²) in [4.78, 5) is 16.4. The van der Waals surface area contributed by atoms with E-state index in [1.54, 1.807) is 0 Å². The van der Waals surface area contributed by atoms with Crippen LogP contribution in [-0.4, -0.2) is 16.1 Å². The number of aromatic nitrogens is 1. The van der Waals surface area contributed by atoms with E-state index >= 15 is 0 Å². The molecule has 0 unspecified atom stereocenters. The van der Waals surface area contributed by atoms with Crippen LogP contribution in [0.5, 0.6) is 0 Å². The van der Waals surface area contributed by atoms with Crippen molar-refractivity contribution < 1.29 is 9.90 Å². The van der Waals surface area contributed by atoms with Gasteiger partial charge in [-0.15, -0.1) is 0 Å². The molecule has 1 N–H and O–H groups in total. The molecule has 1 heterocycles. The van der Waals surface area contributed by atoms with Gasteiger partial charge in [0.2, 0.25) is 0 Å². The lowest BCUT2D eigenvalue weighted by Crippen LogP contribution is -2.07. The van der Waals surface area contributed by atoms with Gasteiger partial charge in [0.05, 0.1) is 11.1 Å². The molecule has 2 aromatic rings. The summed E-state index contributed by atoms with van der Waals surface area (Å²) in [6.45, 7) is 5.94. The van der Waals surface area contributed by atoms with Gasteiger partial charge in [0.1, 0.15) is 0 Å². The fraction of sp³-hybridized carbons (Fsp3) is 0.375. The Morgan fingerprint density at radius 1 is 1.21 bits per heavy atom. The molecule has 19 heavy (non-hydrogen) atoms. The van der Waals surface area contributed by atoms with Gasteiger partial charge in [-0.3, -0.25) is 4.98 Å². The summed E-state index contributed by atoms with van der Waals surface area (Å²) >= 11 is 0. The molecule has 0 bridgehead atoms. The quantitative estimate of drug-likeness (QED) is 0.889. The second-order valence-corrected chi connectivity index (χ2v) is 5.48. The standard InChI is InChI=1S/C16H17NO2/c1-8-4-7-12-13(16(18)19)10(3)14(11-5-6-11)17-15(12)9(8)2/h4,7,11H,5-6H2,1-3H3,(H,18,19). The van der Waals surface area contributed by atoms with Crippen molar-refractivity contribution in [1.82, 2.24) is 4.98 Å². The predicted molar refractivity (Wildman–Crippen MR) is 74.9 cm³/mol. The molecule has 98 valence electrons. The van der Waals surface area contributed by atoms with Crippen LogP contribution in [0.2, 0.25) is 0 Å². The summed E-state index contributed by atoms with van der Waals surface area (Å²) in [6, 6.07) is 3.86. The summed E-state index contributed by atoms with van der Waals surface area (Å²) in [5, 5.41) is 10.3. The fourth-order valence-corrected chi connectivity index (χ4v) is 2.71. The molecule has 3 nitrogen and oxygen atoms in total.